The van der Waals surface area contributed by atoms with Crippen LogP contribution in [0.5, 0.6) is 11.5 Å². The third-order valence-corrected chi connectivity index (χ3v) is 7.04. The van der Waals surface area contributed by atoms with E-state index in [0.29, 0.717) is 0 Å². The monoisotopic (exact) mass is 492 g/mol. The summed E-state index contributed by atoms with van der Waals surface area (Å²) in [5.41, 5.74) is -0.923. The molecule has 0 unspecified atom stereocenters. The molecule has 3 aromatic carbocycles. The van der Waals surface area contributed by atoms with Crippen molar-refractivity contribution in [1.29, 1.82) is 0 Å². The minimum Gasteiger partial charge on any atom is -0.506 e. The summed E-state index contributed by atoms with van der Waals surface area (Å²) < 4.78 is 33.9. The highest BCUT2D eigenvalue weighted by molar-refractivity contribution is 7.87. The van der Waals surface area contributed by atoms with Crippen molar-refractivity contribution in [2.24, 2.45) is 0 Å². The number of rotatable bonds is 4. The summed E-state index contributed by atoms with van der Waals surface area (Å²) in [5, 5.41) is 20.9. The Bertz CT molecular complexity index is 1150. The van der Waals surface area contributed by atoms with Crippen molar-refractivity contribution < 1.29 is 23.2 Å². The third-order valence-electron chi connectivity index (χ3n) is 4.43. The van der Waals surface area contributed by atoms with Crippen LogP contribution in [0.4, 0.5) is 0 Å². The Kier molecular flexibility index (Phi) is 5.98. The summed E-state index contributed by atoms with van der Waals surface area (Å²) in [4.78, 5) is 0. The molecule has 152 valence electrons. The van der Waals surface area contributed by atoms with Gasteiger partial charge in [0, 0.05) is 26.7 Å². The molecule has 0 aliphatic heterocycles. The number of para-hydroxylation sites is 2. The van der Waals surface area contributed by atoms with Gasteiger partial charge in [0.1, 0.15) is 11.5 Å². The number of benzene rings is 3. The lowest BCUT2D eigenvalue weighted by Crippen LogP contribution is -2.38. The maximum atomic E-state index is 13.0. The predicted molar refractivity (Wildman–Crippen MR) is 114 cm³/mol. The highest BCUT2D eigenvalue weighted by Crippen LogP contribution is 2.53. The predicted octanol–water partition coefficient (Wildman–Crippen LogP) is 5.89. The van der Waals surface area contributed by atoms with Crippen molar-refractivity contribution in [2.75, 3.05) is 0 Å². The molecule has 0 fully saturated rings. The minimum absolute atomic E-state index is 0.0976. The number of phenols is 2. The molecular formula is C19H12Cl4O5S. The van der Waals surface area contributed by atoms with Crippen LogP contribution in [0, 0.1) is 0 Å². The first-order valence-corrected chi connectivity index (χ1v) is 10.9. The van der Waals surface area contributed by atoms with E-state index in [0.717, 1.165) is 0 Å². The van der Waals surface area contributed by atoms with Gasteiger partial charge in [0.2, 0.25) is 0 Å². The summed E-state index contributed by atoms with van der Waals surface area (Å²) >= 11 is 24.4. The highest BCUT2D eigenvalue weighted by Gasteiger charge is 2.53. The molecule has 5 nitrogen and oxygen atoms in total. The van der Waals surface area contributed by atoms with E-state index < -0.39 is 26.4 Å². The summed E-state index contributed by atoms with van der Waals surface area (Å²) in [6.45, 7) is 0. The second kappa shape index (κ2) is 7.87. The molecule has 0 atom stereocenters. The van der Waals surface area contributed by atoms with Crippen molar-refractivity contribution in [3.63, 3.8) is 0 Å². The minimum atomic E-state index is -5.18. The van der Waals surface area contributed by atoms with E-state index in [1.165, 1.54) is 54.6 Å². The molecule has 3 aromatic rings. The average Bonchev–Trinajstić information content (AvgIpc) is 2.64. The second-order valence-corrected chi connectivity index (χ2v) is 9.27. The van der Waals surface area contributed by atoms with Gasteiger partial charge in [-0.1, -0.05) is 70.7 Å². The Morgan fingerprint density at radius 3 is 1.62 bits per heavy atom. The van der Waals surface area contributed by atoms with Gasteiger partial charge in [-0.25, -0.2) is 0 Å². The summed E-state index contributed by atoms with van der Waals surface area (Å²) in [6.07, 6.45) is 0. The van der Waals surface area contributed by atoms with Crippen LogP contribution in [-0.4, -0.2) is 23.2 Å². The Hall–Kier alpha value is -1.67. The van der Waals surface area contributed by atoms with Crippen molar-refractivity contribution in [3.05, 3.63) is 91.4 Å². The topological polar surface area (TPSA) is 94.8 Å². The van der Waals surface area contributed by atoms with Crippen molar-refractivity contribution >= 4 is 56.5 Å². The maximum Gasteiger partial charge on any atom is 0.283 e. The van der Waals surface area contributed by atoms with Crippen molar-refractivity contribution in [2.45, 2.75) is 4.75 Å². The maximum absolute atomic E-state index is 13.0. The number of halogens is 4. The van der Waals surface area contributed by atoms with E-state index in [-0.39, 0.29) is 36.8 Å². The van der Waals surface area contributed by atoms with Gasteiger partial charge < -0.3 is 10.2 Å². The van der Waals surface area contributed by atoms with Crippen LogP contribution >= 0.6 is 46.4 Å². The first-order chi connectivity index (χ1) is 13.5. The van der Waals surface area contributed by atoms with Gasteiger partial charge in [0.25, 0.3) is 10.1 Å². The molecule has 0 bridgehead atoms. The Morgan fingerprint density at radius 1 is 0.690 bits per heavy atom. The van der Waals surface area contributed by atoms with Gasteiger partial charge in [-0.2, -0.15) is 8.42 Å². The van der Waals surface area contributed by atoms with E-state index >= 15 is 0 Å². The smallest absolute Gasteiger partial charge is 0.283 e. The molecule has 0 aromatic heterocycles. The summed E-state index contributed by atoms with van der Waals surface area (Å²) in [7, 11) is -5.18. The lowest BCUT2D eigenvalue weighted by atomic mass is 9.83. The molecule has 0 radical (unpaired) electrons. The summed E-state index contributed by atoms with van der Waals surface area (Å²) in [5.74, 6) is -1.27. The fourth-order valence-corrected chi connectivity index (χ4v) is 5.39. The lowest BCUT2D eigenvalue weighted by molar-refractivity contribution is 0.428. The molecule has 0 heterocycles. The molecule has 29 heavy (non-hydrogen) atoms. The normalized spacial score (nSPS) is 12.2. The van der Waals surface area contributed by atoms with E-state index in [9.17, 15) is 23.2 Å². The first-order valence-electron chi connectivity index (χ1n) is 7.90. The fraction of sp³-hybridized carbons (Fsp3) is 0.0526. The zero-order valence-corrected chi connectivity index (χ0v) is 18.1. The van der Waals surface area contributed by atoms with Gasteiger partial charge in [-0.15, -0.1) is 0 Å². The van der Waals surface area contributed by atoms with Gasteiger partial charge in [0.15, 0.2) is 4.75 Å². The Labute approximate surface area is 186 Å². The van der Waals surface area contributed by atoms with Crippen molar-refractivity contribution in [1.82, 2.24) is 0 Å². The molecule has 10 heteroatoms. The second-order valence-electron chi connectivity index (χ2n) is 6.05. The molecule has 0 aliphatic carbocycles. The van der Waals surface area contributed by atoms with Crippen LogP contribution in [0.3, 0.4) is 0 Å². The molecular weight excluding hydrogens is 482 g/mol. The molecule has 0 saturated heterocycles. The standard InChI is InChI=1S/C19H12Cl4O5S/c20-10-7-8-14(21)13(9-10)19(29(26,27)28,11-3-1-5-15(22)17(11)24)12-4-2-6-16(23)18(12)25/h1-9,24-25H,(H,26,27,28). The number of phenolic OH excluding ortho intramolecular Hbond substituents is 2. The Morgan fingerprint density at radius 2 is 1.17 bits per heavy atom. The van der Waals surface area contributed by atoms with Gasteiger partial charge in [-0.05, 0) is 30.3 Å². The summed E-state index contributed by atoms with van der Waals surface area (Å²) in [6, 6.07) is 11.8. The Balaban J connectivity index is 2.68. The molecule has 3 rings (SSSR count). The molecule has 3 N–H and O–H groups in total. The van der Waals surface area contributed by atoms with Crippen molar-refractivity contribution in [3.8, 4) is 11.5 Å². The lowest BCUT2D eigenvalue weighted by Gasteiger charge is -2.34. The van der Waals surface area contributed by atoms with E-state index in [1.807, 2.05) is 0 Å². The van der Waals surface area contributed by atoms with Crippen LogP contribution in [0.25, 0.3) is 0 Å². The van der Waals surface area contributed by atoms with Gasteiger partial charge in [-0.3, -0.25) is 4.55 Å². The van der Waals surface area contributed by atoms with Crippen LogP contribution in [-0.2, 0) is 14.9 Å². The number of hydrogen-bond acceptors (Lipinski definition) is 4. The zero-order valence-electron chi connectivity index (χ0n) is 14.3. The van der Waals surface area contributed by atoms with E-state index in [1.54, 1.807) is 0 Å². The molecule has 0 aliphatic rings. The average molecular weight is 494 g/mol. The first kappa shape index (κ1) is 22.0. The van der Waals surface area contributed by atoms with E-state index in [4.69, 9.17) is 46.4 Å². The van der Waals surface area contributed by atoms with Gasteiger partial charge in [0.05, 0.1) is 10.0 Å². The highest BCUT2D eigenvalue weighted by atomic mass is 35.5. The molecule has 0 amide bonds. The SMILES string of the molecule is O=S(=O)(O)C(c1cc(Cl)ccc1Cl)(c1cccc(Cl)c1O)c1cccc(Cl)c1O. The molecule has 0 saturated carbocycles. The molecule has 0 spiro atoms. The third kappa shape index (κ3) is 3.54. The van der Waals surface area contributed by atoms with Crippen LogP contribution in [0.1, 0.15) is 16.7 Å². The van der Waals surface area contributed by atoms with Crippen LogP contribution in [0.2, 0.25) is 20.1 Å². The quantitative estimate of drug-likeness (QED) is 0.311. The number of aromatic hydroxyl groups is 2. The van der Waals surface area contributed by atoms with Gasteiger partial charge >= 0.3 is 0 Å². The van der Waals surface area contributed by atoms with Crippen LogP contribution in [0.15, 0.2) is 54.6 Å². The van der Waals surface area contributed by atoms with E-state index in [2.05, 4.69) is 0 Å². The largest absolute Gasteiger partial charge is 0.506 e. The fourth-order valence-electron chi connectivity index (χ4n) is 3.22. The number of hydrogen-bond donors (Lipinski definition) is 3. The van der Waals surface area contributed by atoms with Crippen LogP contribution < -0.4 is 0 Å². The zero-order chi connectivity index (χ0) is 21.6.